The van der Waals surface area contributed by atoms with Gasteiger partial charge in [0, 0.05) is 20.8 Å². The number of carbonyl (C=O) groups excluding carboxylic acids is 2. The molecule has 1 heterocycles. The highest BCUT2D eigenvalue weighted by atomic mass is 31.2. The van der Waals surface area contributed by atoms with Crippen molar-refractivity contribution in [2.24, 2.45) is 0 Å². The minimum Gasteiger partial charge on any atom is -0.324 e. The smallest absolute Gasteiger partial charge is 0.324 e. The molecule has 1 aliphatic heterocycles. The molecule has 0 spiro atoms. The number of nitrogens with zero attached hydrogens (tertiary/aromatic N) is 1. The van der Waals surface area contributed by atoms with Crippen LogP contribution in [0, 0.1) is 0 Å². The molecule has 1 rings (SSSR count). The summed E-state index contributed by atoms with van der Waals surface area (Å²) in [5.41, 5.74) is -0.915. The van der Waals surface area contributed by atoms with Crippen LogP contribution in [0.4, 0.5) is 4.79 Å². The van der Waals surface area contributed by atoms with Crippen LogP contribution in [0.15, 0.2) is 0 Å². The van der Waals surface area contributed by atoms with E-state index in [1.54, 1.807) is 13.8 Å². The third-order valence-corrected chi connectivity index (χ3v) is 4.46. The van der Waals surface area contributed by atoms with Gasteiger partial charge in [0.15, 0.2) is 0 Å². The molecular weight excluding hydrogens is 247 g/mol. The number of hydrogen-bond donors (Lipinski definition) is 1. The van der Waals surface area contributed by atoms with E-state index in [0.29, 0.717) is 0 Å². The van der Waals surface area contributed by atoms with Crippen molar-refractivity contribution in [3.8, 4) is 0 Å². The van der Waals surface area contributed by atoms with E-state index in [9.17, 15) is 14.2 Å². The second-order valence-corrected chi connectivity index (χ2v) is 6.61. The predicted molar refractivity (Wildman–Crippen MR) is 60.8 cm³/mol. The Morgan fingerprint density at radius 3 is 2.18 bits per heavy atom. The number of amides is 3. The van der Waals surface area contributed by atoms with Gasteiger partial charge in [-0.2, -0.15) is 0 Å². The van der Waals surface area contributed by atoms with Gasteiger partial charge in [0.2, 0.25) is 0 Å². The van der Waals surface area contributed by atoms with Crippen LogP contribution in [-0.2, 0) is 18.4 Å². The maximum Gasteiger partial charge on any atom is 0.331 e. The number of carbonyl (C=O) groups is 2. The summed E-state index contributed by atoms with van der Waals surface area (Å²) in [5, 5.41) is 2.53. The maximum absolute atomic E-state index is 11.8. The van der Waals surface area contributed by atoms with Crippen molar-refractivity contribution >= 4 is 19.5 Å². The molecule has 0 aliphatic carbocycles. The van der Waals surface area contributed by atoms with Crippen LogP contribution < -0.4 is 5.32 Å². The number of rotatable bonds is 5. The quantitative estimate of drug-likeness (QED) is 0.586. The highest BCUT2D eigenvalue weighted by Gasteiger charge is 2.44. The summed E-state index contributed by atoms with van der Waals surface area (Å²) in [6, 6.07) is -0.487. The van der Waals surface area contributed by atoms with Gasteiger partial charge < -0.3 is 14.4 Å². The highest BCUT2D eigenvalue weighted by Crippen LogP contribution is 2.46. The predicted octanol–water partition coefficient (Wildman–Crippen LogP) is 0.803. The SMILES string of the molecule is COP(=O)(CCN1C(=O)NC(C)(C)C1=O)OC. The molecule has 1 fully saturated rings. The van der Waals surface area contributed by atoms with Crippen molar-refractivity contribution in [3.05, 3.63) is 0 Å². The fourth-order valence-corrected chi connectivity index (χ4v) is 2.46. The van der Waals surface area contributed by atoms with Crippen molar-refractivity contribution in [2.45, 2.75) is 19.4 Å². The van der Waals surface area contributed by atoms with Gasteiger partial charge >= 0.3 is 13.6 Å². The first-order valence-corrected chi connectivity index (χ1v) is 6.83. The largest absolute Gasteiger partial charge is 0.331 e. The van der Waals surface area contributed by atoms with E-state index >= 15 is 0 Å². The number of nitrogens with one attached hydrogen (secondary N) is 1. The summed E-state index contributed by atoms with van der Waals surface area (Å²) in [6.45, 7) is 3.23. The van der Waals surface area contributed by atoms with Gasteiger partial charge in [0.1, 0.15) is 5.54 Å². The van der Waals surface area contributed by atoms with Gasteiger partial charge in [-0.1, -0.05) is 0 Å². The van der Waals surface area contributed by atoms with Crippen LogP contribution in [0.25, 0.3) is 0 Å². The zero-order chi connectivity index (χ0) is 13.3. The molecule has 0 aromatic carbocycles. The monoisotopic (exact) mass is 264 g/mol. The molecule has 0 aromatic heterocycles. The zero-order valence-corrected chi connectivity index (χ0v) is 11.2. The van der Waals surface area contributed by atoms with Crippen molar-refractivity contribution in [3.63, 3.8) is 0 Å². The summed E-state index contributed by atoms with van der Waals surface area (Å²) in [4.78, 5) is 24.3. The minimum absolute atomic E-state index is 0.00700. The fourth-order valence-electron chi connectivity index (χ4n) is 1.50. The molecule has 7 nitrogen and oxygen atoms in total. The van der Waals surface area contributed by atoms with Crippen LogP contribution >= 0.6 is 7.60 Å². The first kappa shape index (κ1) is 14.2. The molecule has 8 heteroatoms. The Labute approximate surface area is 100.0 Å². The highest BCUT2D eigenvalue weighted by molar-refractivity contribution is 7.53. The van der Waals surface area contributed by atoms with Crippen LogP contribution in [0.2, 0.25) is 0 Å². The molecule has 3 amide bonds. The van der Waals surface area contributed by atoms with E-state index in [0.717, 1.165) is 4.90 Å². The minimum atomic E-state index is -3.20. The summed E-state index contributed by atoms with van der Waals surface area (Å²) >= 11 is 0. The Morgan fingerprint density at radius 1 is 1.29 bits per heavy atom. The molecule has 1 saturated heterocycles. The summed E-state index contributed by atoms with van der Waals surface area (Å²) in [7, 11) is -0.674. The van der Waals surface area contributed by atoms with E-state index in [1.165, 1.54) is 14.2 Å². The Hall–Kier alpha value is -0.910. The molecule has 0 bridgehead atoms. The lowest BCUT2D eigenvalue weighted by Crippen LogP contribution is -2.40. The topological polar surface area (TPSA) is 84.9 Å². The van der Waals surface area contributed by atoms with Crippen LogP contribution in [0.3, 0.4) is 0 Å². The summed E-state index contributed by atoms with van der Waals surface area (Å²) < 4.78 is 21.2. The second kappa shape index (κ2) is 4.76. The second-order valence-electron chi connectivity index (χ2n) is 4.21. The third kappa shape index (κ3) is 2.86. The average Bonchev–Trinajstić information content (AvgIpc) is 2.46. The molecule has 1 aliphatic rings. The molecule has 0 unspecified atom stereocenters. The number of hydrogen-bond acceptors (Lipinski definition) is 5. The lowest BCUT2D eigenvalue weighted by Gasteiger charge is -2.18. The molecule has 0 radical (unpaired) electrons. The van der Waals surface area contributed by atoms with Crippen LogP contribution in [0.1, 0.15) is 13.8 Å². The Balaban J connectivity index is 2.68. The Morgan fingerprint density at radius 2 is 1.82 bits per heavy atom. The third-order valence-electron chi connectivity index (χ3n) is 2.60. The lowest BCUT2D eigenvalue weighted by atomic mass is 10.1. The Bertz CT molecular complexity index is 374. The van der Waals surface area contributed by atoms with Crippen LogP contribution in [0.5, 0.6) is 0 Å². The molecule has 0 saturated carbocycles. The molecule has 0 aromatic rings. The summed E-state index contributed by atoms with van der Waals surface area (Å²) in [6.07, 6.45) is -0.0186. The molecular formula is C9H17N2O5P. The Kier molecular flexibility index (Phi) is 3.96. The molecule has 98 valence electrons. The molecule has 0 atom stereocenters. The van der Waals surface area contributed by atoms with Gasteiger partial charge in [-0.05, 0) is 13.8 Å². The summed E-state index contributed by atoms with van der Waals surface area (Å²) in [5.74, 6) is -0.346. The normalized spacial score (nSPS) is 19.6. The average molecular weight is 264 g/mol. The van der Waals surface area contributed by atoms with Gasteiger partial charge in [0.25, 0.3) is 5.91 Å². The molecule has 17 heavy (non-hydrogen) atoms. The van der Waals surface area contributed by atoms with Gasteiger partial charge in [-0.25, -0.2) is 4.79 Å². The van der Waals surface area contributed by atoms with Crippen LogP contribution in [-0.4, -0.2) is 49.3 Å². The van der Waals surface area contributed by atoms with Gasteiger partial charge in [-0.15, -0.1) is 0 Å². The maximum atomic E-state index is 11.8. The van der Waals surface area contributed by atoms with Crippen molar-refractivity contribution in [2.75, 3.05) is 26.9 Å². The number of urea groups is 1. The van der Waals surface area contributed by atoms with Crippen molar-refractivity contribution in [1.29, 1.82) is 0 Å². The lowest BCUT2D eigenvalue weighted by molar-refractivity contribution is -0.130. The number of imide groups is 1. The van der Waals surface area contributed by atoms with E-state index < -0.39 is 19.2 Å². The standard InChI is InChI=1S/C9H17N2O5P/c1-9(2)7(12)11(8(13)10-9)5-6-17(14,15-3)16-4/h5-6H2,1-4H3,(H,10,13). The first-order chi connectivity index (χ1) is 7.75. The zero-order valence-electron chi connectivity index (χ0n) is 10.3. The van der Waals surface area contributed by atoms with E-state index in [1.807, 2.05) is 0 Å². The van der Waals surface area contributed by atoms with E-state index in [2.05, 4.69) is 5.32 Å². The van der Waals surface area contributed by atoms with Gasteiger partial charge in [0.05, 0.1) is 6.16 Å². The van der Waals surface area contributed by atoms with E-state index in [4.69, 9.17) is 9.05 Å². The fraction of sp³-hybridized carbons (Fsp3) is 0.778. The van der Waals surface area contributed by atoms with Crippen molar-refractivity contribution in [1.82, 2.24) is 10.2 Å². The molecule has 1 N–H and O–H groups in total. The van der Waals surface area contributed by atoms with Gasteiger partial charge in [-0.3, -0.25) is 14.3 Å². The first-order valence-electron chi connectivity index (χ1n) is 5.10. The van der Waals surface area contributed by atoms with E-state index in [-0.39, 0.29) is 18.6 Å². The van der Waals surface area contributed by atoms with Crippen molar-refractivity contribution < 1.29 is 23.2 Å².